The summed E-state index contributed by atoms with van der Waals surface area (Å²) in [6.07, 6.45) is -1.37. The Morgan fingerprint density at radius 2 is 2.12 bits per heavy atom. The summed E-state index contributed by atoms with van der Waals surface area (Å²) in [7, 11) is 1.26. The molecule has 5 heteroatoms. The van der Waals surface area contributed by atoms with Crippen LogP contribution in [-0.4, -0.2) is 24.4 Å². The minimum Gasteiger partial charge on any atom is -0.453 e. The number of halogens is 1. The summed E-state index contributed by atoms with van der Waals surface area (Å²) in [5.41, 5.74) is 0.657. The summed E-state index contributed by atoms with van der Waals surface area (Å²) in [6.45, 7) is 1.57. The molecule has 2 atom stereocenters. The number of aliphatic hydroxyl groups excluding tert-OH is 1. The molecule has 0 bridgehead atoms. The molecule has 1 amide bonds. The van der Waals surface area contributed by atoms with Gasteiger partial charge in [0.1, 0.15) is 0 Å². The fourth-order valence-corrected chi connectivity index (χ4v) is 1.62. The summed E-state index contributed by atoms with van der Waals surface area (Å²) in [6, 6.07) is 6.43. The molecule has 4 nitrogen and oxygen atoms in total. The van der Waals surface area contributed by atoms with E-state index in [9.17, 15) is 9.90 Å². The number of benzene rings is 1. The van der Waals surface area contributed by atoms with Crippen molar-refractivity contribution in [1.29, 1.82) is 0 Å². The first-order chi connectivity index (χ1) is 7.56. The number of carbonyl (C=O) groups excluding carboxylic acids is 1. The molecule has 1 rings (SSSR count). The van der Waals surface area contributed by atoms with Crippen LogP contribution < -0.4 is 5.32 Å². The molecule has 1 aromatic rings. The largest absolute Gasteiger partial charge is 0.453 e. The van der Waals surface area contributed by atoms with Gasteiger partial charge >= 0.3 is 6.09 Å². The second kappa shape index (κ2) is 5.72. The molecule has 0 aliphatic heterocycles. The number of carbonyl (C=O) groups is 1. The molecule has 0 radical (unpaired) electrons. The summed E-state index contributed by atoms with van der Waals surface area (Å²) in [5.74, 6) is 0. The molecule has 0 saturated heterocycles. The summed E-state index contributed by atoms with van der Waals surface area (Å²) >= 11 is 5.99. The normalized spacial score (nSPS) is 14.0. The number of ether oxygens (including phenoxy) is 1. The van der Waals surface area contributed by atoms with E-state index in [1.807, 2.05) is 0 Å². The number of nitrogens with one attached hydrogen (secondary N) is 1. The van der Waals surface area contributed by atoms with Gasteiger partial charge in [0.05, 0.1) is 19.3 Å². The first kappa shape index (κ1) is 12.8. The number of alkyl carbamates (subject to hydrolysis) is 1. The van der Waals surface area contributed by atoms with E-state index in [1.54, 1.807) is 31.2 Å². The van der Waals surface area contributed by atoms with Gasteiger partial charge in [-0.3, -0.25) is 0 Å². The summed E-state index contributed by atoms with van der Waals surface area (Å²) in [4.78, 5) is 11.1. The van der Waals surface area contributed by atoms with Gasteiger partial charge in [-0.15, -0.1) is 0 Å². The molecule has 0 spiro atoms. The highest BCUT2D eigenvalue weighted by atomic mass is 35.5. The second-order valence-electron chi connectivity index (χ2n) is 3.38. The zero-order valence-electron chi connectivity index (χ0n) is 9.11. The van der Waals surface area contributed by atoms with Crippen molar-refractivity contribution in [1.82, 2.24) is 5.32 Å². The monoisotopic (exact) mass is 243 g/mol. The Bertz CT molecular complexity index is 368. The van der Waals surface area contributed by atoms with Crippen molar-refractivity contribution in [2.24, 2.45) is 0 Å². The van der Waals surface area contributed by atoms with Crippen LogP contribution in [0.2, 0.25) is 5.02 Å². The Labute approximate surface area is 99.2 Å². The Morgan fingerprint density at radius 1 is 1.50 bits per heavy atom. The van der Waals surface area contributed by atoms with Gasteiger partial charge in [0.15, 0.2) is 0 Å². The highest BCUT2D eigenvalue weighted by molar-refractivity contribution is 6.31. The number of aliphatic hydroxyl groups is 1. The van der Waals surface area contributed by atoms with E-state index in [1.165, 1.54) is 7.11 Å². The lowest BCUT2D eigenvalue weighted by Gasteiger charge is -2.22. The molecule has 0 fully saturated rings. The minimum absolute atomic E-state index is 0.491. The van der Waals surface area contributed by atoms with E-state index in [4.69, 9.17) is 11.6 Å². The van der Waals surface area contributed by atoms with E-state index in [0.29, 0.717) is 10.6 Å². The maximum atomic E-state index is 11.1. The van der Waals surface area contributed by atoms with E-state index < -0.39 is 18.2 Å². The molecule has 0 heterocycles. The van der Waals surface area contributed by atoms with Crippen LogP contribution in [0.25, 0.3) is 0 Å². The lowest BCUT2D eigenvalue weighted by Crippen LogP contribution is -2.35. The van der Waals surface area contributed by atoms with Gasteiger partial charge in [-0.25, -0.2) is 4.79 Å². The Hall–Kier alpha value is -1.26. The smallest absolute Gasteiger partial charge is 0.407 e. The average Bonchev–Trinajstić information content (AvgIpc) is 2.26. The first-order valence-corrected chi connectivity index (χ1v) is 5.21. The quantitative estimate of drug-likeness (QED) is 0.855. The number of rotatable bonds is 3. The Balaban J connectivity index is 2.94. The predicted molar refractivity (Wildman–Crippen MR) is 61.4 cm³/mol. The lowest BCUT2D eigenvalue weighted by molar-refractivity contribution is 0.125. The first-order valence-electron chi connectivity index (χ1n) is 4.83. The van der Waals surface area contributed by atoms with E-state index in [-0.39, 0.29) is 0 Å². The van der Waals surface area contributed by atoms with Gasteiger partial charge in [-0.05, 0) is 18.6 Å². The van der Waals surface area contributed by atoms with Crippen LogP contribution >= 0.6 is 11.6 Å². The van der Waals surface area contributed by atoms with Crippen LogP contribution in [0, 0.1) is 0 Å². The van der Waals surface area contributed by atoms with Crippen molar-refractivity contribution >= 4 is 17.7 Å². The van der Waals surface area contributed by atoms with Crippen molar-refractivity contribution in [3.63, 3.8) is 0 Å². The molecular formula is C11H14ClNO3. The van der Waals surface area contributed by atoms with Gasteiger partial charge < -0.3 is 15.2 Å². The molecule has 2 N–H and O–H groups in total. The summed E-state index contributed by atoms with van der Waals surface area (Å²) in [5, 5.41) is 12.6. The van der Waals surface area contributed by atoms with Crippen LogP contribution in [0.1, 0.15) is 18.5 Å². The number of hydrogen-bond acceptors (Lipinski definition) is 3. The van der Waals surface area contributed by atoms with Crippen LogP contribution in [-0.2, 0) is 4.74 Å². The molecule has 0 aliphatic carbocycles. The van der Waals surface area contributed by atoms with Crippen LogP contribution in [0.4, 0.5) is 4.79 Å². The van der Waals surface area contributed by atoms with Crippen molar-refractivity contribution in [2.75, 3.05) is 7.11 Å². The second-order valence-corrected chi connectivity index (χ2v) is 3.78. The molecule has 2 unspecified atom stereocenters. The van der Waals surface area contributed by atoms with Crippen LogP contribution in [0.15, 0.2) is 24.3 Å². The third-order valence-electron chi connectivity index (χ3n) is 2.18. The minimum atomic E-state index is -0.765. The molecule has 0 aliphatic rings. The maximum Gasteiger partial charge on any atom is 0.407 e. The highest BCUT2D eigenvalue weighted by Gasteiger charge is 2.21. The SMILES string of the molecule is COC(=O)NC(c1ccccc1Cl)C(C)O. The summed E-state index contributed by atoms with van der Waals surface area (Å²) < 4.78 is 4.49. The van der Waals surface area contributed by atoms with Gasteiger partial charge in [-0.2, -0.15) is 0 Å². The van der Waals surface area contributed by atoms with Crippen LogP contribution in [0.5, 0.6) is 0 Å². The third kappa shape index (κ3) is 3.12. The van der Waals surface area contributed by atoms with Crippen molar-refractivity contribution in [3.05, 3.63) is 34.9 Å². The number of amides is 1. The van der Waals surface area contributed by atoms with Crippen molar-refractivity contribution in [3.8, 4) is 0 Å². The number of hydrogen-bond donors (Lipinski definition) is 2. The van der Waals surface area contributed by atoms with Gasteiger partial charge in [-0.1, -0.05) is 29.8 Å². The van der Waals surface area contributed by atoms with E-state index in [2.05, 4.69) is 10.1 Å². The van der Waals surface area contributed by atoms with Gasteiger partial charge in [0.2, 0.25) is 0 Å². The lowest BCUT2D eigenvalue weighted by atomic mass is 10.0. The molecule has 1 aromatic carbocycles. The fourth-order valence-electron chi connectivity index (χ4n) is 1.37. The molecule has 0 saturated carbocycles. The van der Waals surface area contributed by atoms with E-state index in [0.717, 1.165) is 0 Å². The Kier molecular flexibility index (Phi) is 4.58. The molecule has 88 valence electrons. The number of methoxy groups -OCH3 is 1. The maximum absolute atomic E-state index is 11.1. The molecule has 0 aromatic heterocycles. The van der Waals surface area contributed by atoms with Crippen molar-refractivity contribution < 1.29 is 14.6 Å². The fraction of sp³-hybridized carbons (Fsp3) is 0.364. The Morgan fingerprint density at radius 3 is 2.62 bits per heavy atom. The molecular weight excluding hydrogens is 230 g/mol. The predicted octanol–water partition coefficient (Wildman–Crippen LogP) is 2.12. The van der Waals surface area contributed by atoms with Crippen molar-refractivity contribution in [2.45, 2.75) is 19.1 Å². The van der Waals surface area contributed by atoms with Gasteiger partial charge in [0.25, 0.3) is 0 Å². The zero-order chi connectivity index (χ0) is 12.1. The molecule has 16 heavy (non-hydrogen) atoms. The topological polar surface area (TPSA) is 58.6 Å². The van der Waals surface area contributed by atoms with E-state index >= 15 is 0 Å². The third-order valence-corrected chi connectivity index (χ3v) is 2.53. The highest BCUT2D eigenvalue weighted by Crippen LogP contribution is 2.25. The average molecular weight is 244 g/mol. The standard InChI is InChI=1S/C11H14ClNO3/c1-7(14)10(13-11(15)16-2)8-5-3-4-6-9(8)12/h3-7,10,14H,1-2H3,(H,13,15). The zero-order valence-corrected chi connectivity index (χ0v) is 9.86. The van der Waals surface area contributed by atoms with Crippen LogP contribution in [0.3, 0.4) is 0 Å². The van der Waals surface area contributed by atoms with Gasteiger partial charge in [0, 0.05) is 5.02 Å².